The quantitative estimate of drug-likeness (QED) is 0.799. The van der Waals surface area contributed by atoms with Crippen LogP contribution in [0.5, 0.6) is 5.75 Å². The van der Waals surface area contributed by atoms with Gasteiger partial charge < -0.3 is 4.74 Å². The van der Waals surface area contributed by atoms with Crippen molar-refractivity contribution in [3.63, 3.8) is 0 Å². The molecule has 0 aliphatic heterocycles. The first-order valence-electron chi connectivity index (χ1n) is 6.23. The molecule has 0 fully saturated rings. The molecule has 0 aliphatic rings. The van der Waals surface area contributed by atoms with Crippen LogP contribution in [0.4, 0.5) is 13.2 Å². The van der Waals surface area contributed by atoms with Gasteiger partial charge in [-0.2, -0.15) is 18.4 Å². The van der Waals surface area contributed by atoms with Gasteiger partial charge in [0.15, 0.2) is 0 Å². The van der Waals surface area contributed by atoms with E-state index in [0.29, 0.717) is 11.9 Å². The number of alkyl halides is 3. The molecular weight excluding hydrogens is 293 g/mol. The van der Waals surface area contributed by atoms with Gasteiger partial charge in [0.25, 0.3) is 0 Å². The molecule has 0 bridgehead atoms. The topological polar surface area (TPSA) is 45.9 Å². The maximum Gasteiger partial charge on any atom is 0.417 e. The van der Waals surface area contributed by atoms with Gasteiger partial charge in [-0.05, 0) is 35.9 Å². The number of hydrogen-bond acceptors (Lipinski definition) is 3. The molecule has 0 amide bonds. The van der Waals surface area contributed by atoms with Crippen molar-refractivity contribution in [2.24, 2.45) is 0 Å². The molecule has 1 heterocycles. The number of pyridine rings is 1. The predicted molar refractivity (Wildman–Crippen MR) is 75.7 cm³/mol. The standard InChI is InChI=1S/C16H11F3N2O/c1-22-14-5-2-11(3-6-14)8-12(9-20)15-7-4-13(10-21-15)16(17,18)19/h2-8,10H,1H3/b12-8+. The van der Waals surface area contributed by atoms with Crippen LogP contribution in [0.2, 0.25) is 0 Å². The minimum atomic E-state index is -4.45. The number of halogens is 3. The van der Waals surface area contributed by atoms with Crippen LogP contribution in [-0.2, 0) is 6.18 Å². The van der Waals surface area contributed by atoms with Crippen LogP contribution < -0.4 is 4.74 Å². The molecule has 0 saturated heterocycles. The van der Waals surface area contributed by atoms with Gasteiger partial charge in [-0.15, -0.1) is 0 Å². The SMILES string of the molecule is COc1ccc(/C=C(\C#N)c2ccc(C(F)(F)F)cn2)cc1. The number of allylic oxidation sites excluding steroid dienone is 1. The first-order valence-corrected chi connectivity index (χ1v) is 6.23. The van der Waals surface area contributed by atoms with Crippen molar-refractivity contribution in [3.8, 4) is 11.8 Å². The number of aromatic nitrogens is 1. The Labute approximate surface area is 125 Å². The predicted octanol–water partition coefficient (Wildman–Crippen LogP) is 4.17. The zero-order valence-corrected chi connectivity index (χ0v) is 11.6. The lowest BCUT2D eigenvalue weighted by atomic mass is 10.1. The van der Waals surface area contributed by atoms with E-state index in [1.807, 2.05) is 6.07 Å². The van der Waals surface area contributed by atoms with Crippen molar-refractivity contribution in [2.45, 2.75) is 6.18 Å². The number of nitriles is 1. The van der Waals surface area contributed by atoms with Gasteiger partial charge in [-0.3, -0.25) is 4.98 Å². The molecule has 0 N–H and O–H groups in total. The lowest BCUT2D eigenvalue weighted by Gasteiger charge is -2.06. The highest BCUT2D eigenvalue weighted by atomic mass is 19.4. The molecule has 2 rings (SSSR count). The summed E-state index contributed by atoms with van der Waals surface area (Å²) in [7, 11) is 1.54. The molecule has 1 aromatic carbocycles. The van der Waals surface area contributed by atoms with Crippen molar-refractivity contribution >= 4 is 11.6 Å². The Morgan fingerprint density at radius 3 is 2.32 bits per heavy atom. The van der Waals surface area contributed by atoms with Gasteiger partial charge in [0, 0.05) is 6.20 Å². The Morgan fingerprint density at radius 1 is 1.18 bits per heavy atom. The van der Waals surface area contributed by atoms with E-state index in [2.05, 4.69) is 4.98 Å². The van der Waals surface area contributed by atoms with E-state index in [1.54, 1.807) is 30.3 Å². The molecule has 6 heteroatoms. The van der Waals surface area contributed by atoms with Crippen LogP contribution in [-0.4, -0.2) is 12.1 Å². The summed E-state index contributed by atoms with van der Waals surface area (Å²) in [5.74, 6) is 0.670. The fraction of sp³-hybridized carbons (Fsp3) is 0.125. The fourth-order valence-electron chi connectivity index (χ4n) is 1.75. The van der Waals surface area contributed by atoms with E-state index in [9.17, 15) is 13.2 Å². The van der Waals surface area contributed by atoms with Crippen molar-refractivity contribution in [2.75, 3.05) is 7.11 Å². The third-order valence-corrected chi connectivity index (χ3v) is 2.91. The number of methoxy groups -OCH3 is 1. The Kier molecular flexibility index (Phi) is 4.47. The summed E-state index contributed by atoms with van der Waals surface area (Å²) in [6.07, 6.45) is -2.18. The van der Waals surface area contributed by atoms with Gasteiger partial charge in [0.2, 0.25) is 0 Å². The van der Waals surface area contributed by atoms with Crippen LogP contribution in [0, 0.1) is 11.3 Å². The number of rotatable bonds is 3. The van der Waals surface area contributed by atoms with Gasteiger partial charge in [-0.25, -0.2) is 0 Å². The summed E-state index contributed by atoms with van der Waals surface area (Å²) in [4.78, 5) is 3.71. The van der Waals surface area contributed by atoms with E-state index in [0.717, 1.165) is 11.6 Å². The Hall–Kier alpha value is -2.81. The maximum absolute atomic E-state index is 12.5. The number of benzene rings is 1. The minimum absolute atomic E-state index is 0.180. The van der Waals surface area contributed by atoms with E-state index in [4.69, 9.17) is 10.00 Å². The lowest BCUT2D eigenvalue weighted by Crippen LogP contribution is -2.05. The van der Waals surface area contributed by atoms with Gasteiger partial charge in [0.1, 0.15) is 11.8 Å². The Morgan fingerprint density at radius 2 is 1.86 bits per heavy atom. The molecule has 112 valence electrons. The fourth-order valence-corrected chi connectivity index (χ4v) is 1.75. The second kappa shape index (κ2) is 6.31. The van der Waals surface area contributed by atoms with Crippen LogP contribution in [0.15, 0.2) is 42.6 Å². The van der Waals surface area contributed by atoms with Crippen molar-refractivity contribution in [3.05, 3.63) is 59.4 Å². The summed E-state index contributed by atoms with van der Waals surface area (Å²) < 4.78 is 42.5. The van der Waals surface area contributed by atoms with Crippen molar-refractivity contribution < 1.29 is 17.9 Å². The third kappa shape index (κ3) is 3.64. The van der Waals surface area contributed by atoms with Gasteiger partial charge >= 0.3 is 6.18 Å². The van der Waals surface area contributed by atoms with Crippen molar-refractivity contribution in [1.29, 1.82) is 5.26 Å². The van der Waals surface area contributed by atoms with Crippen LogP contribution in [0.25, 0.3) is 11.6 Å². The van der Waals surface area contributed by atoms with Gasteiger partial charge in [-0.1, -0.05) is 12.1 Å². The first-order chi connectivity index (χ1) is 10.4. The summed E-state index contributed by atoms with van der Waals surface area (Å²) in [6, 6.07) is 10.9. The van der Waals surface area contributed by atoms with E-state index >= 15 is 0 Å². The highest BCUT2D eigenvalue weighted by Gasteiger charge is 2.30. The number of hydrogen-bond donors (Lipinski definition) is 0. The molecule has 0 unspecified atom stereocenters. The summed E-state index contributed by atoms with van der Waals surface area (Å²) in [5, 5.41) is 9.17. The smallest absolute Gasteiger partial charge is 0.417 e. The van der Waals surface area contributed by atoms with Crippen LogP contribution >= 0.6 is 0 Å². The highest BCUT2D eigenvalue weighted by molar-refractivity contribution is 5.88. The molecule has 1 aromatic heterocycles. The maximum atomic E-state index is 12.5. The number of ether oxygens (including phenoxy) is 1. The zero-order chi connectivity index (χ0) is 16.2. The van der Waals surface area contributed by atoms with Crippen LogP contribution in [0.1, 0.15) is 16.8 Å². The molecule has 22 heavy (non-hydrogen) atoms. The molecule has 0 spiro atoms. The van der Waals surface area contributed by atoms with Crippen molar-refractivity contribution in [1.82, 2.24) is 4.98 Å². The second-order valence-electron chi connectivity index (χ2n) is 4.37. The van der Waals surface area contributed by atoms with Gasteiger partial charge in [0.05, 0.1) is 23.9 Å². The Balaban J connectivity index is 2.31. The molecule has 0 aliphatic carbocycles. The number of nitrogens with zero attached hydrogens (tertiary/aromatic N) is 2. The molecule has 0 atom stereocenters. The molecule has 0 saturated carbocycles. The summed E-state index contributed by atoms with van der Waals surface area (Å²) in [5.41, 5.74) is 0.238. The summed E-state index contributed by atoms with van der Waals surface area (Å²) >= 11 is 0. The molecule has 2 aromatic rings. The molecule has 0 radical (unpaired) electrons. The lowest BCUT2D eigenvalue weighted by molar-refractivity contribution is -0.137. The second-order valence-corrected chi connectivity index (χ2v) is 4.37. The Bertz CT molecular complexity index is 711. The highest BCUT2D eigenvalue weighted by Crippen LogP contribution is 2.29. The average Bonchev–Trinajstić information content (AvgIpc) is 2.52. The molecular formula is C16H11F3N2O. The van der Waals surface area contributed by atoms with Crippen LogP contribution in [0.3, 0.4) is 0 Å². The average molecular weight is 304 g/mol. The summed E-state index contributed by atoms with van der Waals surface area (Å²) in [6.45, 7) is 0. The normalized spacial score (nSPS) is 11.9. The van der Waals surface area contributed by atoms with E-state index < -0.39 is 11.7 Å². The zero-order valence-electron chi connectivity index (χ0n) is 11.6. The first kappa shape index (κ1) is 15.6. The third-order valence-electron chi connectivity index (χ3n) is 2.91. The minimum Gasteiger partial charge on any atom is -0.497 e. The van der Waals surface area contributed by atoms with E-state index in [1.165, 1.54) is 13.2 Å². The van der Waals surface area contributed by atoms with E-state index in [-0.39, 0.29) is 11.3 Å². The largest absolute Gasteiger partial charge is 0.497 e. The molecule has 3 nitrogen and oxygen atoms in total. The monoisotopic (exact) mass is 304 g/mol.